The number of imidazole rings is 1. The van der Waals surface area contributed by atoms with E-state index >= 15 is 0 Å². The second-order valence-corrected chi connectivity index (χ2v) is 9.58. The minimum absolute atomic E-state index is 0.266. The molecule has 0 bridgehead atoms. The zero-order valence-electron chi connectivity index (χ0n) is 16.9. The molecule has 1 aliphatic rings. The van der Waals surface area contributed by atoms with Crippen LogP contribution in [0.5, 0.6) is 0 Å². The lowest BCUT2D eigenvalue weighted by Gasteiger charge is -2.16. The molecule has 1 fully saturated rings. The van der Waals surface area contributed by atoms with Gasteiger partial charge in [0, 0.05) is 50.7 Å². The molecule has 0 N–H and O–H groups in total. The first-order valence-electron chi connectivity index (χ1n) is 10.0. The summed E-state index contributed by atoms with van der Waals surface area (Å²) in [6.07, 6.45) is 6.58. The van der Waals surface area contributed by atoms with Gasteiger partial charge in [0.25, 0.3) is 0 Å². The molecule has 1 saturated heterocycles. The minimum Gasteiger partial charge on any atom is -0.328 e. The van der Waals surface area contributed by atoms with E-state index in [1.165, 1.54) is 11.8 Å². The number of benzene rings is 1. The van der Waals surface area contributed by atoms with Gasteiger partial charge in [-0.05, 0) is 31.7 Å². The molecule has 8 heteroatoms. The Morgan fingerprint density at radius 3 is 2.69 bits per heavy atom. The molecule has 0 radical (unpaired) electrons. The van der Waals surface area contributed by atoms with Crippen molar-refractivity contribution in [2.75, 3.05) is 13.1 Å². The highest BCUT2D eigenvalue weighted by atomic mass is 32.2. The fourth-order valence-corrected chi connectivity index (χ4v) is 5.38. The number of hydrogen-bond donors (Lipinski definition) is 0. The first-order valence-corrected chi connectivity index (χ1v) is 11.5. The van der Waals surface area contributed by atoms with Gasteiger partial charge < -0.3 is 4.57 Å². The van der Waals surface area contributed by atoms with E-state index in [4.69, 9.17) is 0 Å². The van der Waals surface area contributed by atoms with Crippen molar-refractivity contribution in [1.82, 2.24) is 23.6 Å². The zero-order valence-corrected chi connectivity index (χ0v) is 17.7. The van der Waals surface area contributed by atoms with E-state index in [-0.39, 0.29) is 10.8 Å². The van der Waals surface area contributed by atoms with Crippen LogP contribution in [0.3, 0.4) is 0 Å². The molecule has 1 aliphatic heterocycles. The predicted molar refractivity (Wildman–Crippen MR) is 111 cm³/mol. The fraction of sp³-hybridized carbons (Fsp3) is 0.429. The molecule has 0 aliphatic carbocycles. The van der Waals surface area contributed by atoms with Gasteiger partial charge in [-0.1, -0.05) is 30.3 Å². The van der Waals surface area contributed by atoms with E-state index in [0.29, 0.717) is 19.6 Å². The van der Waals surface area contributed by atoms with Crippen LogP contribution in [-0.2, 0) is 29.5 Å². The Balaban J connectivity index is 1.46. The molecule has 0 saturated carbocycles. The molecule has 7 nitrogen and oxygen atoms in total. The van der Waals surface area contributed by atoms with Crippen molar-refractivity contribution >= 4 is 10.0 Å². The van der Waals surface area contributed by atoms with Crippen molar-refractivity contribution in [3.8, 4) is 0 Å². The number of rotatable bonds is 7. The highest BCUT2D eigenvalue weighted by Crippen LogP contribution is 2.26. The zero-order chi connectivity index (χ0) is 20.4. The quantitative estimate of drug-likeness (QED) is 0.597. The lowest BCUT2D eigenvalue weighted by atomic mass is 10.0. The fourth-order valence-electron chi connectivity index (χ4n) is 3.90. The monoisotopic (exact) mass is 413 g/mol. The number of sulfonamides is 1. The maximum atomic E-state index is 12.9. The van der Waals surface area contributed by atoms with Gasteiger partial charge in [0.2, 0.25) is 10.0 Å². The van der Waals surface area contributed by atoms with Gasteiger partial charge in [0.1, 0.15) is 10.7 Å². The van der Waals surface area contributed by atoms with Crippen molar-refractivity contribution in [3.05, 3.63) is 66.0 Å². The van der Waals surface area contributed by atoms with E-state index in [1.807, 2.05) is 31.3 Å². The molecular weight excluding hydrogens is 386 g/mol. The standard InChI is InChI=1S/C21H27N5O2S/c1-3-24-16-20(13-23-24)29(27,28)25-10-9-19(14-25)11-21-22-12-17(2)26(21)15-18-7-5-4-6-8-18/h4-8,12-13,16,19H,3,9-11,14-15H2,1-2H3. The van der Waals surface area contributed by atoms with Gasteiger partial charge in [-0.15, -0.1) is 0 Å². The highest BCUT2D eigenvalue weighted by molar-refractivity contribution is 7.89. The van der Waals surface area contributed by atoms with Crippen LogP contribution < -0.4 is 0 Å². The second-order valence-electron chi connectivity index (χ2n) is 7.64. The summed E-state index contributed by atoms with van der Waals surface area (Å²) in [6, 6.07) is 10.3. The van der Waals surface area contributed by atoms with Gasteiger partial charge in [0.05, 0.1) is 6.20 Å². The van der Waals surface area contributed by atoms with Crippen molar-refractivity contribution in [2.24, 2.45) is 5.92 Å². The van der Waals surface area contributed by atoms with Gasteiger partial charge in [-0.25, -0.2) is 13.4 Å². The Kier molecular flexibility index (Phi) is 5.56. The maximum absolute atomic E-state index is 12.9. The van der Waals surface area contributed by atoms with Crippen molar-refractivity contribution < 1.29 is 8.42 Å². The van der Waals surface area contributed by atoms with E-state index in [9.17, 15) is 8.42 Å². The first-order chi connectivity index (χ1) is 14.0. The number of aryl methyl sites for hydroxylation is 2. The second kappa shape index (κ2) is 8.12. The van der Waals surface area contributed by atoms with Crippen LogP contribution in [-0.4, -0.2) is 45.1 Å². The van der Waals surface area contributed by atoms with E-state index in [2.05, 4.69) is 33.7 Å². The molecule has 154 valence electrons. The molecule has 1 aromatic carbocycles. The third-order valence-corrected chi connectivity index (χ3v) is 7.43. The van der Waals surface area contributed by atoms with Crippen LogP contribution in [0.15, 0.2) is 53.8 Å². The third-order valence-electron chi connectivity index (χ3n) is 5.61. The Morgan fingerprint density at radius 2 is 1.97 bits per heavy atom. The molecule has 3 aromatic rings. The largest absolute Gasteiger partial charge is 0.328 e. The average Bonchev–Trinajstić information content (AvgIpc) is 3.46. The summed E-state index contributed by atoms with van der Waals surface area (Å²) in [6.45, 7) is 6.51. The summed E-state index contributed by atoms with van der Waals surface area (Å²) in [7, 11) is -3.48. The smallest absolute Gasteiger partial charge is 0.246 e. The Labute approximate surface area is 172 Å². The van der Waals surface area contributed by atoms with E-state index in [0.717, 1.165) is 30.9 Å². The van der Waals surface area contributed by atoms with Crippen molar-refractivity contribution in [3.63, 3.8) is 0 Å². The summed E-state index contributed by atoms with van der Waals surface area (Å²) >= 11 is 0. The van der Waals surface area contributed by atoms with Crippen LogP contribution in [0.1, 0.15) is 30.4 Å². The van der Waals surface area contributed by atoms with Crippen molar-refractivity contribution in [2.45, 2.75) is 44.7 Å². The lowest BCUT2D eigenvalue weighted by molar-refractivity contribution is 0.450. The Hall–Kier alpha value is -2.45. The van der Waals surface area contributed by atoms with Crippen LogP contribution in [0.4, 0.5) is 0 Å². The number of nitrogens with zero attached hydrogens (tertiary/aromatic N) is 5. The van der Waals surface area contributed by atoms with Crippen LogP contribution in [0, 0.1) is 12.8 Å². The van der Waals surface area contributed by atoms with Gasteiger partial charge in [0.15, 0.2) is 0 Å². The molecular formula is C21H27N5O2S. The van der Waals surface area contributed by atoms with Crippen LogP contribution >= 0.6 is 0 Å². The Morgan fingerprint density at radius 1 is 1.17 bits per heavy atom. The lowest BCUT2D eigenvalue weighted by Crippen LogP contribution is -2.29. The topological polar surface area (TPSA) is 73.0 Å². The minimum atomic E-state index is -3.48. The van der Waals surface area contributed by atoms with Crippen LogP contribution in [0.25, 0.3) is 0 Å². The number of aromatic nitrogens is 4. The number of hydrogen-bond acceptors (Lipinski definition) is 4. The SMILES string of the molecule is CCn1cc(S(=O)(=O)N2CCC(Cc3ncc(C)n3Cc3ccccc3)C2)cn1. The molecule has 0 amide bonds. The Bertz CT molecular complexity index is 1070. The highest BCUT2D eigenvalue weighted by Gasteiger charge is 2.34. The molecule has 29 heavy (non-hydrogen) atoms. The molecule has 3 heterocycles. The van der Waals surface area contributed by atoms with E-state index in [1.54, 1.807) is 15.2 Å². The summed E-state index contributed by atoms with van der Waals surface area (Å²) in [4.78, 5) is 4.90. The average molecular weight is 414 g/mol. The summed E-state index contributed by atoms with van der Waals surface area (Å²) in [5.41, 5.74) is 2.36. The molecule has 4 rings (SSSR count). The van der Waals surface area contributed by atoms with E-state index < -0.39 is 10.0 Å². The van der Waals surface area contributed by atoms with Crippen LogP contribution in [0.2, 0.25) is 0 Å². The molecule has 0 spiro atoms. The predicted octanol–water partition coefficient (Wildman–Crippen LogP) is 2.71. The maximum Gasteiger partial charge on any atom is 0.246 e. The summed E-state index contributed by atoms with van der Waals surface area (Å²) < 4.78 is 31.3. The van der Waals surface area contributed by atoms with Gasteiger partial charge in [-0.2, -0.15) is 9.40 Å². The summed E-state index contributed by atoms with van der Waals surface area (Å²) in [5, 5.41) is 4.11. The third kappa shape index (κ3) is 4.13. The van der Waals surface area contributed by atoms with Gasteiger partial charge in [-0.3, -0.25) is 4.68 Å². The molecule has 2 aromatic heterocycles. The first kappa shape index (κ1) is 19.8. The summed E-state index contributed by atoms with van der Waals surface area (Å²) in [5.74, 6) is 1.29. The normalized spacial score (nSPS) is 17.8. The molecule has 1 atom stereocenters. The van der Waals surface area contributed by atoms with Gasteiger partial charge >= 0.3 is 0 Å². The molecule has 1 unspecified atom stereocenters. The van der Waals surface area contributed by atoms with Crippen molar-refractivity contribution in [1.29, 1.82) is 0 Å².